The normalized spacial score (nSPS) is 14.1. The molecule has 2 unspecified atom stereocenters. The Bertz CT molecular complexity index is 540. The van der Waals surface area contributed by atoms with Gasteiger partial charge >= 0.3 is 0 Å². The van der Waals surface area contributed by atoms with Gasteiger partial charge in [0.25, 0.3) is 0 Å². The molecule has 2 aromatic rings. The molecule has 3 heteroatoms. The van der Waals surface area contributed by atoms with Crippen molar-refractivity contribution in [2.24, 2.45) is 0 Å². The minimum Gasteiger partial charge on any atom is -0.388 e. The predicted molar refractivity (Wildman–Crippen MR) is 80.9 cm³/mol. The van der Waals surface area contributed by atoms with E-state index in [1.807, 2.05) is 24.3 Å². The topological polar surface area (TPSA) is 20.2 Å². The van der Waals surface area contributed by atoms with Gasteiger partial charge in [0.15, 0.2) is 0 Å². The Labute approximate surface area is 123 Å². The number of hydrogen-bond acceptors (Lipinski definition) is 1. The molecule has 1 nitrogen and oxygen atoms in total. The van der Waals surface area contributed by atoms with Gasteiger partial charge in [-0.05, 0) is 35.6 Å². The molecule has 0 radical (unpaired) electrons. The van der Waals surface area contributed by atoms with E-state index < -0.39 is 6.10 Å². The van der Waals surface area contributed by atoms with Crippen molar-refractivity contribution in [1.29, 1.82) is 0 Å². The summed E-state index contributed by atoms with van der Waals surface area (Å²) >= 11 is 11.8. The fourth-order valence-corrected chi connectivity index (χ4v) is 2.41. The number of rotatable bonds is 4. The summed E-state index contributed by atoms with van der Waals surface area (Å²) in [5.74, 6) is 0.283. The van der Waals surface area contributed by atoms with Crippen LogP contribution in [-0.4, -0.2) is 5.11 Å². The van der Waals surface area contributed by atoms with Gasteiger partial charge in [0.2, 0.25) is 0 Å². The number of aliphatic hydroxyl groups is 1. The summed E-state index contributed by atoms with van der Waals surface area (Å²) in [5.41, 5.74) is 2.03. The lowest BCUT2D eigenvalue weighted by atomic mass is 9.92. The Balaban J connectivity index is 2.08. The molecule has 0 aliphatic heterocycles. The van der Waals surface area contributed by atoms with Crippen LogP contribution in [0.15, 0.2) is 48.5 Å². The van der Waals surface area contributed by atoms with E-state index in [9.17, 15) is 5.11 Å². The van der Waals surface area contributed by atoms with Gasteiger partial charge in [-0.25, -0.2) is 0 Å². The van der Waals surface area contributed by atoms with Gasteiger partial charge in [0.1, 0.15) is 0 Å². The van der Waals surface area contributed by atoms with E-state index >= 15 is 0 Å². The molecule has 0 fully saturated rings. The van der Waals surface area contributed by atoms with Crippen molar-refractivity contribution in [3.8, 4) is 0 Å². The van der Waals surface area contributed by atoms with Crippen LogP contribution in [0.5, 0.6) is 0 Å². The fourth-order valence-electron chi connectivity index (χ4n) is 2.11. The monoisotopic (exact) mass is 294 g/mol. The molecule has 2 rings (SSSR count). The lowest BCUT2D eigenvalue weighted by Crippen LogP contribution is -2.03. The van der Waals surface area contributed by atoms with E-state index in [0.29, 0.717) is 16.5 Å². The maximum absolute atomic E-state index is 10.3. The predicted octanol–water partition coefficient (Wildman–Crippen LogP) is 5.22. The zero-order valence-electron chi connectivity index (χ0n) is 10.7. The van der Waals surface area contributed by atoms with Crippen molar-refractivity contribution < 1.29 is 5.11 Å². The van der Waals surface area contributed by atoms with E-state index in [2.05, 4.69) is 19.1 Å². The molecule has 0 aromatic heterocycles. The maximum Gasteiger partial charge on any atom is 0.0796 e. The van der Waals surface area contributed by atoms with Gasteiger partial charge in [-0.3, -0.25) is 0 Å². The molecular weight excluding hydrogens is 279 g/mol. The summed E-state index contributed by atoms with van der Waals surface area (Å²) in [7, 11) is 0. The SMILES string of the molecule is CC(CC(O)c1ccc(Cl)c(Cl)c1)c1ccccc1. The highest BCUT2D eigenvalue weighted by Gasteiger charge is 2.14. The van der Waals surface area contributed by atoms with Crippen molar-refractivity contribution in [2.75, 3.05) is 0 Å². The van der Waals surface area contributed by atoms with Crippen LogP contribution in [0.4, 0.5) is 0 Å². The molecule has 0 saturated heterocycles. The van der Waals surface area contributed by atoms with Crippen LogP contribution in [0.2, 0.25) is 10.0 Å². The molecule has 0 heterocycles. The molecule has 0 spiro atoms. The van der Waals surface area contributed by atoms with Crippen LogP contribution in [-0.2, 0) is 0 Å². The highest BCUT2D eigenvalue weighted by molar-refractivity contribution is 6.42. The van der Waals surface area contributed by atoms with Crippen molar-refractivity contribution in [3.63, 3.8) is 0 Å². The second-order valence-electron chi connectivity index (χ2n) is 4.74. The van der Waals surface area contributed by atoms with Gasteiger partial charge in [0.05, 0.1) is 16.1 Å². The third-order valence-electron chi connectivity index (χ3n) is 3.27. The first-order chi connectivity index (χ1) is 9.08. The molecule has 0 saturated carbocycles. The molecule has 0 aliphatic rings. The molecule has 2 aromatic carbocycles. The number of aliphatic hydroxyl groups excluding tert-OH is 1. The van der Waals surface area contributed by atoms with Crippen molar-refractivity contribution in [1.82, 2.24) is 0 Å². The molecule has 0 amide bonds. The summed E-state index contributed by atoms with van der Waals surface area (Å²) in [5, 5.41) is 11.3. The molecule has 2 atom stereocenters. The molecule has 19 heavy (non-hydrogen) atoms. The van der Waals surface area contributed by atoms with Crippen molar-refractivity contribution >= 4 is 23.2 Å². The van der Waals surface area contributed by atoms with Gasteiger partial charge < -0.3 is 5.11 Å². The van der Waals surface area contributed by atoms with E-state index in [-0.39, 0.29) is 5.92 Å². The van der Waals surface area contributed by atoms with Gasteiger partial charge in [-0.2, -0.15) is 0 Å². The van der Waals surface area contributed by atoms with Gasteiger partial charge in [-0.15, -0.1) is 0 Å². The summed E-state index contributed by atoms with van der Waals surface area (Å²) in [6.45, 7) is 2.11. The van der Waals surface area contributed by atoms with Crippen molar-refractivity contribution in [3.05, 3.63) is 69.7 Å². The highest BCUT2D eigenvalue weighted by Crippen LogP contribution is 2.31. The Morgan fingerprint density at radius 1 is 0.947 bits per heavy atom. The van der Waals surface area contributed by atoms with Gasteiger partial charge in [-0.1, -0.05) is 66.5 Å². The molecule has 0 bridgehead atoms. The first-order valence-electron chi connectivity index (χ1n) is 6.26. The lowest BCUT2D eigenvalue weighted by Gasteiger charge is -2.17. The summed E-state index contributed by atoms with van der Waals surface area (Å²) < 4.78 is 0. The Kier molecular flexibility index (Phi) is 4.87. The van der Waals surface area contributed by atoms with Crippen LogP contribution >= 0.6 is 23.2 Å². The van der Waals surface area contributed by atoms with E-state index in [0.717, 1.165) is 5.56 Å². The standard InChI is InChI=1S/C16H16Cl2O/c1-11(12-5-3-2-4-6-12)9-16(19)13-7-8-14(17)15(18)10-13/h2-8,10-11,16,19H,9H2,1H3. The molecular formula is C16H16Cl2O. The summed E-state index contributed by atoms with van der Waals surface area (Å²) in [6, 6.07) is 15.4. The smallest absolute Gasteiger partial charge is 0.0796 e. The second-order valence-corrected chi connectivity index (χ2v) is 5.55. The van der Waals surface area contributed by atoms with E-state index in [4.69, 9.17) is 23.2 Å². The zero-order chi connectivity index (χ0) is 13.8. The zero-order valence-corrected chi connectivity index (χ0v) is 12.2. The Morgan fingerprint density at radius 3 is 2.26 bits per heavy atom. The Hall–Kier alpha value is -1.02. The number of benzene rings is 2. The average molecular weight is 295 g/mol. The Morgan fingerprint density at radius 2 is 1.63 bits per heavy atom. The molecule has 1 N–H and O–H groups in total. The lowest BCUT2D eigenvalue weighted by molar-refractivity contribution is 0.159. The third-order valence-corrected chi connectivity index (χ3v) is 4.01. The first-order valence-corrected chi connectivity index (χ1v) is 7.01. The summed E-state index contributed by atoms with van der Waals surface area (Å²) in [4.78, 5) is 0. The molecule has 0 aliphatic carbocycles. The highest BCUT2D eigenvalue weighted by atomic mass is 35.5. The average Bonchev–Trinajstić information content (AvgIpc) is 2.42. The molecule has 100 valence electrons. The first kappa shape index (κ1) is 14.4. The minimum atomic E-state index is -0.537. The fraction of sp³-hybridized carbons (Fsp3) is 0.250. The number of hydrogen-bond donors (Lipinski definition) is 1. The van der Waals surface area contributed by atoms with Crippen molar-refractivity contribution in [2.45, 2.75) is 25.4 Å². The van der Waals surface area contributed by atoms with Crippen LogP contribution in [0.1, 0.15) is 36.5 Å². The third kappa shape index (κ3) is 3.73. The van der Waals surface area contributed by atoms with Crippen LogP contribution in [0.25, 0.3) is 0 Å². The summed E-state index contributed by atoms with van der Waals surface area (Å²) in [6.07, 6.45) is 0.118. The van der Waals surface area contributed by atoms with Crippen LogP contribution in [0.3, 0.4) is 0 Å². The quantitative estimate of drug-likeness (QED) is 0.819. The van der Waals surface area contributed by atoms with E-state index in [1.54, 1.807) is 12.1 Å². The van der Waals surface area contributed by atoms with E-state index in [1.165, 1.54) is 5.56 Å². The largest absolute Gasteiger partial charge is 0.388 e. The van der Waals surface area contributed by atoms with Gasteiger partial charge in [0, 0.05) is 0 Å². The second kappa shape index (κ2) is 6.42. The van der Waals surface area contributed by atoms with Crippen LogP contribution < -0.4 is 0 Å². The minimum absolute atomic E-state index is 0.283. The maximum atomic E-state index is 10.3. The number of halogens is 2. The van der Waals surface area contributed by atoms with Crippen LogP contribution in [0, 0.1) is 0 Å².